The normalized spacial score (nSPS) is 14.7. The Morgan fingerprint density at radius 3 is 2.30 bits per heavy atom. The van der Waals surface area contributed by atoms with Crippen LogP contribution in [0.1, 0.15) is 5.56 Å². The van der Waals surface area contributed by atoms with Gasteiger partial charge in [0.2, 0.25) is 0 Å². The van der Waals surface area contributed by atoms with Gasteiger partial charge in [0.1, 0.15) is 5.75 Å². The standard InChI is InChI=1S/C19H22N2O2/c1-16-7-5-6-10-18(16)20-11-13-21(14-12-20)19(22)15-23-17-8-3-2-4-9-17/h2-10H,11-15H2,1H3. The zero-order chi connectivity index (χ0) is 16.1. The third-order valence-electron chi connectivity index (χ3n) is 4.19. The Hall–Kier alpha value is -2.49. The van der Waals surface area contributed by atoms with Crippen molar-refractivity contribution < 1.29 is 9.53 Å². The molecule has 1 aliphatic heterocycles. The highest BCUT2D eigenvalue weighted by Gasteiger charge is 2.22. The number of hydrogen-bond donors (Lipinski definition) is 0. The maximum Gasteiger partial charge on any atom is 0.260 e. The van der Waals surface area contributed by atoms with Crippen LogP contribution in [0.4, 0.5) is 5.69 Å². The quantitative estimate of drug-likeness (QED) is 0.870. The zero-order valence-electron chi connectivity index (χ0n) is 13.4. The lowest BCUT2D eigenvalue weighted by molar-refractivity contribution is -0.133. The van der Waals surface area contributed by atoms with Crippen LogP contribution in [0.5, 0.6) is 5.75 Å². The molecule has 0 atom stereocenters. The van der Waals surface area contributed by atoms with E-state index in [1.165, 1.54) is 11.3 Å². The molecule has 0 saturated carbocycles. The summed E-state index contributed by atoms with van der Waals surface area (Å²) in [6.45, 7) is 5.44. The summed E-state index contributed by atoms with van der Waals surface area (Å²) in [5.41, 5.74) is 2.54. The van der Waals surface area contributed by atoms with Gasteiger partial charge in [0.05, 0.1) is 0 Å². The molecule has 0 spiro atoms. The van der Waals surface area contributed by atoms with Gasteiger partial charge in [0.15, 0.2) is 6.61 Å². The molecule has 0 radical (unpaired) electrons. The predicted molar refractivity (Wildman–Crippen MR) is 91.9 cm³/mol. The number of hydrogen-bond acceptors (Lipinski definition) is 3. The fraction of sp³-hybridized carbons (Fsp3) is 0.316. The molecule has 3 rings (SSSR count). The third-order valence-corrected chi connectivity index (χ3v) is 4.19. The van der Waals surface area contributed by atoms with Crippen LogP contribution in [0.3, 0.4) is 0 Å². The Bertz CT molecular complexity index is 649. The maximum atomic E-state index is 12.3. The Balaban J connectivity index is 1.50. The lowest BCUT2D eigenvalue weighted by atomic mass is 10.1. The van der Waals surface area contributed by atoms with Crippen LogP contribution in [0.25, 0.3) is 0 Å². The molecule has 4 nitrogen and oxygen atoms in total. The highest BCUT2D eigenvalue weighted by atomic mass is 16.5. The molecule has 0 N–H and O–H groups in total. The number of ether oxygens (including phenoxy) is 1. The second-order valence-corrected chi connectivity index (χ2v) is 5.76. The van der Waals surface area contributed by atoms with Gasteiger partial charge in [-0.15, -0.1) is 0 Å². The molecule has 0 aliphatic carbocycles. The minimum absolute atomic E-state index is 0.0540. The molecule has 2 aromatic rings. The summed E-state index contributed by atoms with van der Waals surface area (Å²) in [5.74, 6) is 0.790. The van der Waals surface area contributed by atoms with Crippen LogP contribution >= 0.6 is 0 Å². The number of benzene rings is 2. The van der Waals surface area contributed by atoms with Crippen molar-refractivity contribution in [1.29, 1.82) is 0 Å². The SMILES string of the molecule is Cc1ccccc1N1CCN(C(=O)COc2ccccc2)CC1. The van der Waals surface area contributed by atoms with E-state index in [1.54, 1.807) is 0 Å². The van der Waals surface area contributed by atoms with E-state index in [0.717, 1.165) is 31.9 Å². The van der Waals surface area contributed by atoms with Crippen molar-refractivity contribution in [2.45, 2.75) is 6.92 Å². The summed E-state index contributed by atoms with van der Waals surface area (Å²) in [7, 11) is 0. The number of amides is 1. The average Bonchev–Trinajstić information content (AvgIpc) is 2.61. The predicted octanol–water partition coefficient (Wildman–Crippen LogP) is 2.72. The second kappa shape index (κ2) is 7.18. The molecule has 0 aromatic heterocycles. The lowest BCUT2D eigenvalue weighted by Gasteiger charge is -2.36. The first kappa shape index (κ1) is 15.4. The lowest BCUT2D eigenvalue weighted by Crippen LogP contribution is -2.50. The molecule has 1 amide bonds. The number of carbonyl (C=O) groups is 1. The molecule has 1 heterocycles. The van der Waals surface area contributed by atoms with Crippen molar-refractivity contribution in [2.24, 2.45) is 0 Å². The first-order valence-electron chi connectivity index (χ1n) is 8.00. The molecule has 4 heteroatoms. The van der Waals surface area contributed by atoms with E-state index in [2.05, 4.69) is 36.1 Å². The Morgan fingerprint density at radius 2 is 1.61 bits per heavy atom. The molecule has 1 aliphatic rings. The number of aryl methyl sites for hydroxylation is 1. The number of rotatable bonds is 4. The van der Waals surface area contributed by atoms with Gasteiger partial charge in [-0.1, -0.05) is 36.4 Å². The van der Waals surface area contributed by atoms with Crippen molar-refractivity contribution in [2.75, 3.05) is 37.7 Å². The number of anilines is 1. The minimum atomic E-state index is 0.0540. The van der Waals surface area contributed by atoms with E-state index in [0.29, 0.717) is 0 Å². The van der Waals surface area contributed by atoms with Crippen LogP contribution in [0, 0.1) is 6.92 Å². The molecule has 0 unspecified atom stereocenters. The summed E-state index contributed by atoms with van der Waals surface area (Å²) < 4.78 is 5.55. The van der Waals surface area contributed by atoms with Crippen LogP contribution in [0.2, 0.25) is 0 Å². The van der Waals surface area contributed by atoms with Gasteiger partial charge in [-0.3, -0.25) is 4.79 Å². The minimum Gasteiger partial charge on any atom is -0.484 e. The fourth-order valence-corrected chi connectivity index (χ4v) is 2.87. The van der Waals surface area contributed by atoms with Crippen molar-refractivity contribution >= 4 is 11.6 Å². The first-order valence-corrected chi connectivity index (χ1v) is 8.00. The third kappa shape index (κ3) is 3.83. The van der Waals surface area contributed by atoms with Gasteiger partial charge >= 0.3 is 0 Å². The summed E-state index contributed by atoms with van der Waals surface area (Å²) >= 11 is 0. The van der Waals surface area contributed by atoms with E-state index in [-0.39, 0.29) is 12.5 Å². The summed E-state index contributed by atoms with van der Waals surface area (Å²) in [6, 6.07) is 17.9. The van der Waals surface area contributed by atoms with E-state index in [1.807, 2.05) is 35.2 Å². The molecule has 2 aromatic carbocycles. The Kier molecular flexibility index (Phi) is 4.81. The van der Waals surface area contributed by atoms with Crippen LogP contribution in [0.15, 0.2) is 54.6 Å². The van der Waals surface area contributed by atoms with Gasteiger partial charge in [0, 0.05) is 31.9 Å². The molecule has 1 fully saturated rings. The monoisotopic (exact) mass is 310 g/mol. The van der Waals surface area contributed by atoms with Crippen molar-refractivity contribution in [3.63, 3.8) is 0 Å². The molecular formula is C19H22N2O2. The smallest absolute Gasteiger partial charge is 0.260 e. The number of nitrogens with zero attached hydrogens (tertiary/aromatic N) is 2. The van der Waals surface area contributed by atoms with E-state index < -0.39 is 0 Å². The van der Waals surface area contributed by atoms with Crippen LogP contribution < -0.4 is 9.64 Å². The molecule has 1 saturated heterocycles. The number of carbonyl (C=O) groups excluding carboxylic acids is 1. The highest BCUT2D eigenvalue weighted by molar-refractivity contribution is 5.78. The first-order chi connectivity index (χ1) is 11.2. The van der Waals surface area contributed by atoms with Crippen molar-refractivity contribution in [3.8, 4) is 5.75 Å². The number of para-hydroxylation sites is 2. The highest BCUT2D eigenvalue weighted by Crippen LogP contribution is 2.20. The van der Waals surface area contributed by atoms with Crippen LogP contribution in [-0.2, 0) is 4.79 Å². The average molecular weight is 310 g/mol. The zero-order valence-corrected chi connectivity index (χ0v) is 13.4. The maximum absolute atomic E-state index is 12.3. The molecular weight excluding hydrogens is 288 g/mol. The molecule has 120 valence electrons. The molecule has 0 bridgehead atoms. The Labute approximate surface area is 137 Å². The molecule has 23 heavy (non-hydrogen) atoms. The summed E-state index contributed by atoms with van der Waals surface area (Å²) in [5, 5.41) is 0. The van der Waals surface area contributed by atoms with Crippen molar-refractivity contribution in [1.82, 2.24) is 4.90 Å². The Morgan fingerprint density at radius 1 is 0.957 bits per heavy atom. The van der Waals surface area contributed by atoms with Gasteiger partial charge in [-0.2, -0.15) is 0 Å². The summed E-state index contributed by atoms with van der Waals surface area (Å²) in [4.78, 5) is 16.5. The van der Waals surface area contributed by atoms with E-state index in [4.69, 9.17) is 4.74 Å². The second-order valence-electron chi connectivity index (χ2n) is 5.76. The van der Waals surface area contributed by atoms with Gasteiger partial charge in [-0.05, 0) is 30.7 Å². The number of piperazine rings is 1. The van der Waals surface area contributed by atoms with E-state index >= 15 is 0 Å². The topological polar surface area (TPSA) is 32.8 Å². The largest absolute Gasteiger partial charge is 0.484 e. The van der Waals surface area contributed by atoms with Crippen molar-refractivity contribution in [3.05, 3.63) is 60.2 Å². The van der Waals surface area contributed by atoms with Gasteiger partial charge in [-0.25, -0.2) is 0 Å². The van der Waals surface area contributed by atoms with Gasteiger partial charge < -0.3 is 14.5 Å². The fourth-order valence-electron chi connectivity index (χ4n) is 2.87. The summed E-state index contributed by atoms with van der Waals surface area (Å²) in [6.07, 6.45) is 0. The van der Waals surface area contributed by atoms with Crippen LogP contribution in [-0.4, -0.2) is 43.6 Å². The van der Waals surface area contributed by atoms with Gasteiger partial charge in [0.25, 0.3) is 5.91 Å². The van der Waals surface area contributed by atoms with E-state index in [9.17, 15) is 4.79 Å².